The number of aromatic nitrogens is 2. The van der Waals surface area contributed by atoms with Gasteiger partial charge in [0.2, 0.25) is 0 Å². The van der Waals surface area contributed by atoms with Crippen LogP contribution >= 0.6 is 11.3 Å². The van der Waals surface area contributed by atoms with E-state index in [0.29, 0.717) is 6.04 Å². The van der Waals surface area contributed by atoms with E-state index in [1.54, 1.807) is 11.3 Å². The molecule has 0 aliphatic carbocycles. The lowest BCUT2D eigenvalue weighted by Crippen LogP contribution is -2.37. The van der Waals surface area contributed by atoms with Gasteiger partial charge in [-0.3, -0.25) is 9.69 Å². The second kappa shape index (κ2) is 6.97. The largest absolute Gasteiger partial charge is 0.309 e. The Morgan fingerprint density at radius 1 is 1.23 bits per heavy atom. The minimum Gasteiger partial charge on any atom is -0.309 e. The molecule has 1 saturated heterocycles. The van der Waals surface area contributed by atoms with Crippen LogP contribution in [0.3, 0.4) is 0 Å². The molecule has 1 N–H and O–H groups in total. The van der Waals surface area contributed by atoms with Crippen LogP contribution in [0, 0.1) is 13.8 Å². The van der Waals surface area contributed by atoms with Gasteiger partial charge in [-0.15, -0.1) is 11.3 Å². The maximum atomic E-state index is 12.9. The number of rotatable bonds is 3. The highest BCUT2D eigenvalue weighted by atomic mass is 32.1. The van der Waals surface area contributed by atoms with Gasteiger partial charge in [0.1, 0.15) is 10.7 Å². The van der Waals surface area contributed by atoms with Gasteiger partial charge in [0.05, 0.1) is 11.9 Å². The highest BCUT2D eigenvalue weighted by molar-refractivity contribution is 7.19. The molecule has 136 valence electrons. The molecule has 1 aromatic carbocycles. The first-order valence-electron chi connectivity index (χ1n) is 9.36. The number of hydrogen-bond donors (Lipinski definition) is 1. The molecule has 2 aromatic heterocycles. The van der Waals surface area contributed by atoms with Gasteiger partial charge in [-0.1, -0.05) is 36.2 Å². The van der Waals surface area contributed by atoms with Crippen LogP contribution in [0.2, 0.25) is 0 Å². The topological polar surface area (TPSA) is 49.0 Å². The van der Waals surface area contributed by atoms with Crippen LogP contribution in [0.25, 0.3) is 21.3 Å². The summed E-state index contributed by atoms with van der Waals surface area (Å²) in [4.78, 5) is 25.2. The van der Waals surface area contributed by atoms with Crippen molar-refractivity contribution in [2.24, 2.45) is 0 Å². The molecule has 4 nitrogen and oxygen atoms in total. The Bertz CT molecular complexity index is 987. The quantitative estimate of drug-likeness (QED) is 0.733. The van der Waals surface area contributed by atoms with E-state index in [0.717, 1.165) is 45.1 Å². The number of thiophene rings is 1. The molecule has 0 bridgehead atoms. The van der Waals surface area contributed by atoms with E-state index >= 15 is 0 Å². The average Bonchev–Trinajstić information content (AvgIpc) is 2.94. The summed E-state index contributed by atoms with van der Waals surface area (Å²) >= 11 is 1.62. The van der Waals surface area contributed by atoms with Gasteiger partial charge in [0.15, 0.2) is 0 Å². The average molecular weight is 368 g/mol. The summed E-state index contributed by atoms with van der Waals surface area (Å²) in [6.45, 7) is 8.22. The van der Waals surface area contributed by atoms with E-state index in [9.17, 15) is 4.79 Å². The number of likely N-dealkylation sites (tertiary alicyclic amines) is 1. The van der Waals surface area contributed by atoms with Gasteiger partial charge in [-0.25, -0.2) is 4.98 Å². The number of hydrogen-bond acceptors (Lipinski definition) is 4. The Labute approximate surface area is 157 Å². The fourth-order valence-electron chi connectivity index (χ4n) is 3.89. The third-order valence-corrected chi connectivity index (χ3v) is 6.42. The fraction of sp³-hybridized carbons (Fsp3) is 0.429. The summed E-state index contributed by atoms with van der Waals surface area (Å²) in [5, 5.41) is 0.729. The molecule has 0 spiro atoms. The molecule has 0 amide bonds. The van der Waals surface area contributed by atoms with Crippen LogP contribution in [-0.4, -0.2) is 27.5 Å². The Kier molecular flexibility index (Phi) is 4.67. The highest BCUT2D eigenvalue weighted by Gasteiger charge is 2.21. The second-order valence-corrected chi connectivity index (χ2v) is 8.61. The first kappa shape index (κ1) is 17.4. The summed E-state index contributed by atoms with van der Waals surface area (Å²) in [6, 6.07) is 8.91. The van der Waals surface area contributed by atoms with Crippen molar-refractivity contribution in [3.05, 3.63) is 50.9 Å². The Morgan fingerprint density at radius 2 is 2.00 bits per heavy atom. The summed E-state index contributed by atoms with van der Waals surface area (Å²) < 4.78 is 0. The number of benzene rings is 1. The first-order chi connectivity index (χ1) is 12.5. The lowest BCUT2D eigenvalue weighted by molar-refractivity contribution is 0.149. The van der Waals surface area contributed by atoms with Crippen LogP contribution in [0.1, 0.15) is 42.5 Å². The van der Waals surface area contributed by atoms with Gasteiger partial charge in [0.25, 0.3) is 5.56 Å². The molecule has 1 aliphatic rings. The molecule has 1 aliphatic heterocycles. The molecule has 4 rings (SSSR count). The van der Waals surface area contributed by atoms with Crippen molar-refractivity contribution in [1.82, 2.24) is 14.9 Å². The van der Waals surface area contributed by atoms with Crippen LogP contribution < -0.4 is 5.56 Å². The van der Waals surface area contributed by atoms with E-state index in [1.807, 2.05) is 0 Å². The van der Waals surface area contributed by atoms with Gasteiger partial charge in [-0.2, -0.15) is 0 Å². The van der Waals surface area contributed by atoms with Crippen molar-refractivity contribution in [3.63, 3.8) is 0 Å². The zero-order valence-corrected chi connectivity index (χ0v) is 16.4. The smallest absolute Gasteiger partial charge is 0.260 e. The number of H-pyrrole nitrogens is 1. The van der Waals surface area contributed by atoms with Gasteiger partial charge < -0.3 is 4.98 Å². The van der Waals surface area contributed by atoms with Crippen molar-refractivity contribution in [2.45, 2.75) is 52.6 Å². The predicted molar refractivity (Wildman–Crippen MR) is 109 cm³/mol. The third-order valence-electron chi connectivity index (χ3n) is 5.42. The number of aryl methyl sites for hydroxylation is 2. The summed E-state index contributed by atoms with van der Waals surface area (Å²) in [5.41, 5.74) is 3.31. The first-order valence-corrected chi connectivity index (χ1v) is 10.2. The van der Waals surface area contributed by atoms with Crippen molar-refractivity contribution < 1.29 is 0 Å². The van der Waals surface area contributed by atoms with Crippen molar-refractivity contribution >= 4 is 21.6 Å². The SMILES string of the molecule is Cc1ccc(-c2c(C)sc3nc(CN4CCCC[C@@H]4C)[nH]c(=O)c23)cc1. The van der Waals surface area contributed by atoms with E-state index < -0.39 is 0 Å². The van der Waals surface area contributed by atoms with Crippen LogP contribution in [0.4, 0.5) is 0 Å². The predicted octanol–water partition coefficient (Wildman–Crippen LogP) is 4.64. The molecule has 1 fully saturated rings. The third kappa shape index (κ3) is 3.21. The number of nitrogens with zero attached hydrogens (tertiary/aromatic N) is 2. The zero-order valence-electron chi connectivity index (χ0n) is 15.6. The molecule has 26 heavy (non-hydrogen) atoms. The molecule has 3 heterocycles. The van der Waals surface area contributed by atoms with Crippen LogP contribution in [0.5, 0.6) is 0 Å². The van der Waals surface area contributed by atoms with E-state index in [1.165, 1.54) is 24.8 Å². The Balaban J connectivity index is 1.75. The minimum absolute atomic E-state index is 0.0189. The number of fused-ring (bicyclic) bond motifs is 1. The number of nitrogens with one attached hydrogen (secondary N) is 1. The van der Waals surface area contributed by atoms with Crippen molar-refractivity contribution in [3.8, 4) is 11.1 Å². The number of piperidine rings is 1. The molecule has 0 radical (unpaired) electrons. The van der Waals surface area contributed by atoms with Gasteiger partial charge in [0, 0.05) is 16.5 Å². The molecule has 3 aromatic rings. The van der Waals surface area contributed by atoms with Gasteiger partial charge in [-0.05, 0) is 45.7 Å². The summed E-state index contributed by atoms with van der Waals surface area (Å²) in [7, 11) is 0. The maximum Gasteiger partial charge on any atom is 0.260 e. The summed E-state index contributed by atoms with van der Waals surface area (Å²) in [5.74, 6) is 0.785. The highest BCUT2D eigenvalue weighted by Crippen LogP contribution is 2.35. The van der Waals surface area contributed by atoms with Crippen molar-refractivity contribution in [1.29, 1.82) is 0 Å². The lowest BCUT2D eigenvalue weighted by Gasteiger charge is -2.32. The normalized spacial score (nSPS) is 18.5. The maximum absolute atomic E-state index is 12.9. The lowest BCUT2D eigenvalue weighted by atomic mass is 10.0. The molecule has 0 saturated carbocycles. The molecule has 5 heteroatoms. The molecule has 0 unspecified atom stereocenters. The standard InChI is InChI=1S/C21H25N3OS/c1-13-7-9-16(10-8-13)18-15(3)26-21-19(18)20(25)22-17(23-21)12-24-11-5-4-6-14(24)2/h7-10,14H,4-6,11-12H2,1-3H3,(H,22,23,25)/t14-/m0/s1. The monoisotopic (exact) mass is 367 g/mol. The molecular formula is C21H25N3OS. The molecule has 1 atom stereocenters. The molecular weight excluding hydrogens is 342 g/mol. The minimum atomic E-state index is -0.0189. The zero-order chi connectivity index (χ0) is 18.3. The van der Waals surface area contributed by atoms with E-state index in [2.05, 4.69) is 54.9 Å². The van der Waals surface area contributed by atoms with E-state index in [-0.39, 0.29) is 5.56 Å². The van der Waals surface area contributed by atoms with Crippen molar-refractivity contribution in [2.75, 3.05) is 6.54 Å². The van der Waals surface area contributed by atoms with E-state index in [4.69, 9.17) is 4.98 Å². The van der Waals surface area contributed by atoms with Crippen LogP contribution in [0.15, 0.2) is 29.1 Å². The summed E-state index contributed by atoms with van der Waals surface area (Å²) in [6.07, 6.45) is 3.75. The fourth-order valence-corrected chi connectivity index (χ4v) is 4.96. The number of aromatic amines is 1. The Hall–Kier alpha value is -1.98. The van der Waals surface area contributed by atoms with Gasteiger partial charge >= 0.3 is 0 Å². The second-order valence-electron chi connectivity index (χ2n) is 7.41. The van der Waals surface area contributed by atoms with Crippen LogP contribution in [-0.2, 0) is 6.54 Å². The Morgan fingerprint density at radius 3 is 2.73 bits per heavy atom.